The van der Waals surface area contributed by atoms with Crippen molar-refractivity contribution >= 4 is 32.6 Å². The van der Waals surface area contributed by atoms with E-state index in [1.54, 1.807) is 0 Å². The third kappa shape index (κ3) is 5.00. The van der Waals surface area contributed by atoms with Crippen molar-refractivity contribution in [1.29, 1.82) is 0 Å². The third-order valence-corrected chi connectivity index (χ3v) is 7.85. The van der Waals surface area contributed by atoms with Crippen LogP contribution in [0.2, 0.25) is 0 Å². The van der Waals surface area contributed by atoms with Crippen LogP contribution in [-0.4, -0.2) is 9.97 Å². The SMILES string of the molecule is C/C=C\C=C/Cc1ccc2c(-c3ccc(-c4cccc5cccnc45)cc3)cc(-c3ccc4ccccc4c3)nc2c1. The topological polar surface area (TPSA) is 25.8 Å². The summed E-state index contributed by atoms with van der Waals surface area (Å²) in [7, 11) is 0. The Bertz CT molecular complexity index is 2110. The zero-order valence-corrected chi connectivity index (χ0v) is 23.5. The van der Waals surface area contributed by atoms with Crippen molar-refractivity contribution in [1.82, 2.24) is 9.97 Å². The van der Waals surface area contributed by atoms with E-state index >= 15 is 0 Å². The van der Waals surface area contributed by atoms with Gasteiger partial charge in [0.1, 0.15) is 0 Å². The van der Waals surface area contributed by atoms with Gasteiger partial charge in [-0.1, -0.05) is 121 Å². The van der Waals surface area contributed by atoms with Crippen molar-refractivity contribution in [3.05, 3.63) is 157 Å². The fourth-order valence-corrected chi connectivity index (χ4v) is 5.70. The molecule has 0 spiro atoms. The number of benzene rings is 5. The van der Waals surface area contributed by atoms with Crippen LogP contribution in [0.25, 0.3) is 66.1 Å². The quantitative estimate of drug-likeness (QED) is 0.197. The molecule has 2 aromatic heterocycles. The van der Waals surface area contributed by atoms with Gasteiger partial charge in [0.2, 0.25) is 0 Å². The predicted molar refractivity (Wildman–Crippen MR) is 179 cm³/mol. The highest BCUT2D eigenvalue weighted by Gasteiger charge is 2.12. The predicted octanol–water partition coefficient (Wildman–Crippen LogP) is 10.6. The van der Waals surface area contributed by atoms with Gasteiger partial charge in [-0.3, -0.25) is 4.98 Å². The van der Waals surface area contributed by atoms with Crippen LogP contribution in [0.3, 0.4) is 0 Å². The molecule has 0 radical (unpaired) electrons. The van der Waals surface area contributed by atoms with E-state index in [0.29, 0.717) is 0 Å². The molecule has 5 aromatic carbocycles. The molecular formula is C40H30N2. The van der Waals surface area contributed by atoms with E-state index in [1.165, 1.54) is 27.5 Å². The number of rotatable bonds is 6. The zero-order chi connectivity index (χ0) is 28.3. The lowest BCUT2D eigenvalue weighted by atomic mass is 9.94. The van der Waals surface area contributed by atoms with E-state index in [-0.39, 0.29) is 0 Å². The minimum absolute atomic E-state index is 0.866. The Hall–Kier alpha value is -5.34. The summed E-state index contributed by atoms with van der Waals surface area (Å²) in [5.41, 5.74) is 10.0. The van der Waals surface area contributed by atoms with Crippen molar-refractivity contribution in [3.63, 3.8) is 0 Å². The van der Waals surface area contributed by atoms with Crippen molar-refractivity contribution in [2.45, 2.75) is 13.3 Å². The maximum absolute atomic E-state index is 5.20. The fraction of sp³-hybridized carbons (Fsp3) is 0.0500. The summed E-state index contributed by atoms with van der Waals surface area (Å²) in [4.78, 5) is 9.87. The zero-order valence-electron chi connectivity index (χ0n) is 23.5. The van der Waals surface area contributed by atoms with Crippen molar-refractivity contribution in [2.75, 3.05) is 0 Å². The molecule has 7 aromatic rings. The van der Waals surface area contributed by atoms with E-state index in [2.05, 4.69) is 138 Å². The molecule has 0 unspecified atom stereocenters. The van der Waals surface area contributed by atoms with Gasteiger partial charge in [0.15, 0.2) is 0 Å². The number of hydrogen-bond donors (Lipinski definition) is 0. The smallest absolute Gasteiger partial charge is 0.0780 e. The number of para-hydroxylation sites is 1. The standard InChI is InChI=1S/C40H30N2/c1-2-3-4-5-10-28-16-23-36-37(27-38(42-39(36)25-28)34-22-17-29-11-6-7-12-33(29)26-34)31-20-18-30(19-21-31)35-15-8-13-32-14-9-24-41-40(32)35/h2-9,11-27H,10H2,1H3/b3-2-,5-4-. The molecule has 0 bridgehead atoms. The summed E-state index contributed by atoms with van der Waals surface area (Å²) in [6.07, 6.45) is 11.1. The van der Waals surface area contributed by atoms with Gasteiger partial charge in [0, 0.05) is 28.1 Å². The molecule has 0 atom stereocenters. The Labute approximate surface area is 246 Å². The first kappa shape index (κ1) is 25.6. The van der Waals surface area contributed by atoms with E-state index in [0.717, 1.165) is 50.6 Å². The minimum atomic E-state index is 0.866. The Morgan fingerprint density at radius 2 is 1.36 bits per heavy atom. The monoisotopic (exact) mass is 538 g/mol. The molecule has 0 saturated heterocycles. The molecule has 0 amide bonds. The number of pyridine rings is 2. The van der Waals surface area contributed by atoms with Crippen LogP contribution in [0.5, 0.6) is 0 Å². The van der Waals surface area contributed by atoms with Crippen molar-refractivity contribution < 1.29 is 0 Å². The van der Waals surface area contributed by atoms with Gasteiger partial charge in [-0.2, -0.15) is 0 Å². The second-order valence-electron chi connectivity index (χ2n) is 10.6. The van der Waals surface area contributed by atoms with E-state index in [9.17, 15) is 0 Å². The second-order valence-corrected chi connectivity index (χ2v) is 10.6. The van der Waals surface area contributed by atoms with Crippen LogP contribution in [0, 0.1) is 0 Å². The first-order chi connectivity index (χ1) is 20.8. The molecule has 42 heavy (non-hydrogen) atoms. The lowest BCUT2D eigenvalue weighted by Crippen LogP contribution is -1.92. The number of allylic oxidation sites excluding steroid dienone is 4. The molecule has 0 aliphatic heterocycles. The molecule has 0 fully saturated rings. The lowest BCUT2D eigenvalue weighted by molar-refractivity contribution is 1.27. The average Bonchev–Trinajstić information content (AvgIpc) is 3.05. The molecule has 2 nitrogen and oxygen atoms in total. The normalized spacial score (nSPS) is 11.8. The lowest BCUT2D eigenvalue weighted by Gasteiger charge is -2.13. The Morgan fingerprint density at radius 3 is 2.21 bits per heavy atom. The van der Waals surface area contributed by atoms with Crippen LogP contribution in [0.4, 0.5) is 0 Å². The maximum Gasteiger partial charge on any atom is 0.0780 e. The van der Waals surface area contributed by atoms with Gasteiger partial charge in [0.25, 0.3) is 0 Å². The molecule has 2 heterocycles. The maximum atomic E-state index is 5.20. The Kier molecular flexibility index (Phi) is 6.87. The highest BCUT2D eigenvalue weighted by molar-refractivity contribution is 5.99. The van der Waals surface area contributed by atoms with E-state index in [1.807, 2.05) is 25.3 Å². The number of aromatic nitrogens is 2. The molecule has 0 N–H and O–H groups in total. The minimum Gasteiger partial charge on any atom is -0.256 e. The Balaban J connectivity index is 1.35. The van der Waals surface area contributed by atoms with Crippen LogP contribution in [0.1, 0.15) is 12.5 Å². The van der Waals surface area contributed by atoms with Gasteiger partial charge in [-0.15, -0.1) is 0 Å². The summed E-state index contributed by atoms with van der Waals surface area (Å²) in [5, 5.41) is 4.75. The largest absolute Gasteiger partial charge is 0.256 e. The van der Waals surface area contributed by atoms with Crippen LogP contribution < -0.4 is 0 Å². The average molecular weight is 539 g/mol. The number of hydrogen-bond acceptors (Lipinski definition) is 2. The molecule has 0 aliphatic carbocycles. The summed E-state index contributed by atoms with van der Waals surface area (Å²) >= 11 is 0. The van der Waals surface area contributed by atoms with Crippen LogP contribution in [-0.2, 0) is 6.42 Å². The van der Waals surface area contributed by atoms with Gasteiger partial charge < -0.3 is 0 Å². The van der Waals surface area contributed by atoms with Gasteiger partial charge in [0.05, 0.1) is 16.7 Å². The van der Waals surface area contributed by atoms with E-state index in [4.69, 9.17) is 4.98 Å². The molecule has 200 valence electrons. The molecule has 0 aliphatic rings. The van der Waals surface area contributed by atoms with Gasteiger partial charge in [-0.25, -0.2) is 4.98 Å². The summed E-state index contributed by atoms with van der Waals surface area (Å²) < 4.78 is 0. The number of fused-ring (bicyclic) bond motifs is 3. The van der Waals surface area contributed by atoms with Crippen LogP contribution >= 0.6 is 0 Å². The number of nitrogens with zero attached hydrogens (tertiary/aromatic N) is 2. The first-order valence-corrected chi connectivity index (χ1v) is 14.4. The fourth-order valence-electron chi connectivity index (χ4n) is 5.70. The Morgan fingerprint density at radius 1 is 0.595 bits per heavy atom. The first-order valence-electron chi connectivity index (χ1n) is 14.4. The third-order valence-electron chi connectivity index (χ3n) is 7.85. The summed E-state index contributed by atoms with van der Waals surface area (Å²) in [6.45, 7) is 2.03. The van der Waals surface area contributed by atoms with E-state index < -0.39 is 0 Å². The van der Waals surface area contributed by atoms with Crippen molar-refractivity contribution in [2.24, 2.45) is 0 Å². The van der Waals surface area contributed by atoms with Crippen LogP contribution in [0.15, 0.2) is 152 Å². The second kappa shape index (κ2) is 11.3. The molecule has 2 heteroatoms. The molecule has 7 rings (SSSR count). The van der Waals surface area contributed by atoms with Crippen molar-refractivity contribution in [3.8, 4) is 33.5 Å². The van der Waals surface area contributed by atoms with Gasteiger partial charge in [-0.05, 0) is 70.6 Å². The summed E-state index contributed by atoms with van der Waals surface area (Å²) in [6, 6.07) is 43.4. The van der Waals surface area contributed by atoms with Gasteiger partial charge >= 0.3 is 0 Å². The summed E-state index contributed by atoms with van der Waals surface area (Å²) in [5.74, 6) is 0. The highest BCUT2D eigenvalue weighted by Crippen LogP contribution is 2.35. The highest BCUT2D eigenvalue weighted by atomic mass is 14.7. The molecular weight excluding hydrogens is 508 g/mol. The molecule has 0 saturated carbocycles.